The number of ether oxygens (including phenoxy) is 1. The van der Waals surface area contributed by atoms with Crippen molar-refractivity contribution in [3.63, 3.8) is 0 Å². The van der Waals surface area contributed by atoms with Crippen LogP contribution < -0.4 is 10.5 Å². The van der Waals surface area contributed by atoms with Crippen molar-refractivity contribution in [3.05, 3.63) is 52.2 Å². The molecule has 1 saturated heterocycles. The maximum absolute atomic E-state index is 12.6. The summed E-state index contributed by atoms with van der Waals surface area (Å²) in [7, 11) is 1.54. The van der Waals surface area contributed by atoms with Crippen LogP contribution in [0, 0.1) is 12.8 Å². The van der Waals surface area contributed by atoms with Crippen LogP contribution in [0.2, 0.25) is 5.02 Å². The Balaban J connectivity index is 1.64. The third-order valence-electron chi connectivity index (χ3n) is 5.19. The van der Waals surface area contributed by atoms with Crippen molar-refractivity contribution < 1.29 is 14.6 Å². The number of hydrogen-bond acceptors (Lipinski definition) is 5. The second kappa shape index (κ2) is 8.15. The van der Waals surface area contributed by atoms with E-state index in [1.807, 2.05) is 11.8 Å². The third kappa shape index (κ3) is 4.17. The monoisotopic (exact) mass is 389 g/mol. The normalized spacial score (nSPS) is 16.2. The zero-order valence-electron chi connectivity index (χ0n) is 15.5. The van der Waals surface area contributed by atoms with E-state index in [0.29, 0.717) is 35.1 Å². The van der Waals surface area contributed by atoms with E-state index in [-0.39, 0.29) is 23.6 Å². The average Bonchev–Trinajstić information content (AvgIpc) is 2.70. The van der Waals surface area contributed by atoms with Crippen LogP contribution in [0.25, 0.3) is 0 Å². The fourth-order valence-electron chi connectivity index (χ4n) is 3.47. The highest BCUT2D eigenvalue weighted by molar-refractivity contribution is 6.31. The molecule has 1 fully saturated rings. The van der Waals surface area contributed by atoms with Gasteiger partial charge in [-0.15, -0.1) is 0 Å². The minimum absolute atomic E-state index is 0.0431. The first-order valence-corrected chi connectivity index (χ1v) is 9.32. The summed E-state index contributed by atoms with van der Waals surface area (Å²) in [5.74, 6) is 0.783. The lowest BCUT2D eigenvalue weighted by Crippen LogP contribution is -2.41. The molecule has 1 aliphatic rings. The van der Waals surface area contributed by atoms with E-state index in [2.05, 4.69) is 4.98 Å². The summed E-state index contributed by atoms with van der Waals surface area (Å²) in [5.41, 5.74) is 8.43. The topological polar surface area (TPSA) is 88.7 Å². The summed E-state index contributed by atoms with van der Waals surface area (Å²) < 4.78 is 5.02. The van der Waals surface area contributed by atoms with Crippen LogP contribution in [0.4, 0.5) is 0 Å². The number of pyridine rings is 1. The van der Waals surface area contributed by atoms with E-state index in [0.717, 1.165) is 18.4 Å². The molecule has 0 radical (unpaired) electrons. The van der Waals surface area contributed by atoms with Crippen LogP contribution in [0.5, 0.6) is 11.6 Å². The number of nitrogens with two attached hydrogens (primary N) is 1. The molecule has 1 aromatic carbocycles. The Hall–Kier alpha value is -2.31. The minimum atomic E-state index is -0.317. The molecule has 6 nitrogen and oxygen atoms in total. The number of methoxy groups -OCH3 is 1. The third-order valence-corrected chi connectivity index (χ3v) is 5.60. The zero-order chi connectivity index (χ0) is 19.6. The Labute approximate surface area is 163 Å². The maximum Gasteiger partial charge on any atom is 0.255 e. The molecular weight excluding hydrogens is 366 g/mol. The van der Waals surface area contributed by atoms with E-state index in [1.165, 1.54) is 13.3 Å². The second-order valence-electron chi connectivity index (χ2n) is 6.90. The van der Waals surface area contributed by atoms with Crippen molar-refractivity contribution in [1.82, 2.24) is 9.88 Å². The first-order valence-electron chi connectivity index (χ1n) is 8.94. The largest absolute Gasteiger partial charge is 0.508 e. The number of piperidine rings is 1. The molecule has 0 bridgehead atoms. The van der Waals surface area contributed by atoms with Gasteiger partial charge in [-0.3, -0.25) is 4.79 Å². The second-order valence-corrected chi connectivity index (χ2v) is 7.31. The number of carbonyl (C=O) groups is 1. The number of halogens is 1. The first-order chi connectivity index (χ1) is 12.9. The zero-order valence-corrected chi connectivity index (χ0v) is 16.2. The molecule has 1 aromatic heterocycles. The lowest BCUT2D eigenvalue weighted by molar-refractivity contribution is 0.0677. The first kappa shape index (κ1) is 19.5. The Kier molecular flexibility index (Phi) is 5.87. The van der Waals surface area contributed by atoms with Gasteiger partial charge in [-0.25, -0.2) is 4.98 Å². The van der Waals surface area contributed by atoms with Crippen LogP contribution in [-0.2, 0) is 0 Å². The van der Waals surface area contributed by atoms with Crippen LogP contribution in [0.3, 0.4) is 0 Å². The molecule has 0 aliphatic carbocycles. The number of hydrogen-bond donors (Lipinski definition) is 2. The van der Waals surface area contributed by atoms with Gasteiger partial charge >= 0.3 is 0 Å². The van der Waals surface area contributed by atoms with Crippen molar-refractivity contribution in [2.45, 2.75) is 25.8 Å². The van der Waals surface area contributed by atoms with Crippen molar-refractivity contribution >= 4 is 17.5 Å². The number of aromatic hydroxyl groups is 1. The van der Waals surface area contributed by atoms with E-state index in [9.17, 15) is 9.90 Å². The van der Waals surface area contributed by atoms with Gasteiger partial charge in [-0.1, -0.05) is 11.6 Å². The van der Waals surface area contributed by atoms with Crippen molar-refractivity contribution in [3.8, 4) is 11.6 Å². The lowest BCUT2D eigenvalue weighted by Gasteiger charge is -2.35. The molecule has 2 aromatic rings. The van der Waals surface area contributed by atoms with Gasteiger partial charge in [0, 0.05) is 42.0 Å². The molecule has 27 heavy (non-hydrogen) atoms. The predicted octanol–water partition coefficient (Wildman–Crippen LogP) is 3.31. The number of aryl methyl sites for hydroxylation is 1. The molecule has 3 rings (SSSR count). The molecule has 0 unspecified atom stereocenters. The van der Waals surface area contributed by atoms with Gasteiger partial charge in [0.2, 0.25) is 5.88 Å². The van der Waals surface area contributed by atoms with Gasteiger partial charge < -0.3 is 20.5 Å². The van der Waals surface area contributed by atoms with E-state index < -0.39 is 0 Å². The van der Waals surface area contributed by atoms with Gasteiger partial charge in [0.1, 0.15) is 5.75 Å². The number of amides is 1. The van der Waals surface area contributed by atoms with E-state index in [4.69, 9.17) is 22.1 Å². The van der Waals surface area contributed by atoms with Crippen molar-refractivity contribution in [2.24, 2.45) is 11.7 Å². The summed E-state index contributed by atoms with van der Waals surface area (Å²) in [6.45, 7) is 3.07. The number of phenols is 1. The maximum atomic E-state index is 12.6. The molecule has 7 heteroatoms. The Morgan fingerprint density at radius 2 is 2.07 bits per heavy atom. The number of likely N-dealkylation sites (tertiary alicyclic amines) is 1. The quantitative estimate of drug-likeness (QED) is 0.837. The fraction of sp³-hybridized carbons (Fsp3) is 0.400. The van der Waals surface area contributed by atoms with Crippen LogP contribution >= 0.6 is 11.6 Å². The molecule has 0 spiro atoms. The smallest absolute Gasteiger partial charge is 0.255 e. The summed E-state index contributed by atoms with van der Waals surface area (Å²) >= 11 is 6.19. The summed E-state index contributed by atoms with van der Waals surface area (Å²) in [6.07, 6.45) is 3.06. The minimum Gasteiger partial charge on any atom is -0.508 e. The Morgan fingerprint density at radius 1 is 1.37 bits per heavy atom. The van der Waals surface area contributed by atoms with E-state index >= 15 is 0 Å². The number of phenolic OH excluding ortho intramolecular Hbond substituents is 1. The van der Waals surface area contributed by atoms with E-state index in [1.54, 1.807) is 24.3 Å². The van der Waals surface area contributed by atoms with Crippen molar-refractivity contribution in [2.75, 3.05) is 20.2 Å². The number of benzene rings is 1. The van der Waals surface area contributed by atoms with Gasteiger partial charge in [0.25, 0.3) is 5.91 Å². The van der Waals surface area contributed by atoms with Crippen LogP contribution in [0.1, 0.15) is 40.4 Å². The molecule has 0 saturated carbocycles. The van der Waals surface area contributed by atoms with Gasteiger partial charge in [-0.05, 0) is 49.4 Å². The summed E-state index contributed by atoms with van der Waals surface area (Å²) in [5, 5.41) is 10.8. The molecular formula is C20H24ClN3O3. The Bertz CT molecular complexity index is 818. The van der Waals surface area contributed by atoms with Gasteiger partial charge in [0.05, 0.1) is 12.7 Å². The lowest BCUT2D eigenvalue weighted by atomic mass is 9.85. The number of aromatic nitrogens is 1. The Morgan fingerprint density at radius 3 is 2.67 bits per heavy atom. The summed E-state index contributed by atoms with van der Waals surface area (Å²) in [4.78, 5) is 18.5. The number of nitrogens with zero attached hydrogens (tertiary/aromatic N) is 2. The number of rotatable bonds is 4. The SMILES string of the molecule is COc1ccc(C(=O)N2CCC([C@@H](N)c3cc(Cl)c(C)cc3O)CC2)cn1. The molecule has 1 amide bonds. The fourth-order valence-corrected chi connectivity index (χ4v) is 3.65. The predicted molar refractivity (Wildman–Crippen MR) is 104 cm³/mol. The van der Waals surface area contributed by atoms with Gasteiger partial charge in [0.15, 0.2) is 0 Å². The standard InChI is InChI=1S/C20H24ClN3O3/c1-12-9-17(25)15(10-16(12)21)19(22)13-5-7-24(8-6-13)20(26)14-3-4-18(27-2)23-11-14/h3-4,9-11,13,19,25H,5-8,22H2,1-2H3/t19-/m1/s1. The molecule has 144 valence electrons. The average molecular weight is 390 g/mol. The number of carbonyl (C=O) groups excluding carboxylic acids is 1. The molecule has 3 N–H and O–H groups in total. The highest BCUT2D eigenvalue weighted by Gasteiger charge is 2.29. The van der Waals surface area contributed by atoms with Crippen molar-refractivity contribution in [1.29, 1.82) is 0 Å². The molecule has 2 heterocycles. The molecule has 1 aliphatic heterocycles. The highest BCUT2D eigenvalue weighted by Crippen LogP contribution is 2.36. The van der Waals surface area contributed by atoms with Gasteiger partial charge in [-0.2, -0.15) is 0 Å². The van der Waals surface area contributed by atoms with Crippen LogP contribution in [-0.4, -0.2) is 41.1 Å². The van der Waals surface area contributed by atoms with Crippen LogP contribution in [0.15, 0.2) is 30.5 Å². The highest BCUT2D eigenvalue weighted by atomic mass is 35.5. The molecule has 1 atom stereocenters. The summed E-state index contributed by atoms with van der Waals surface area (Å²) in [6, 6.07) is 6.48.